The Morgan fingerprint density at radius 1 is 1.38 bits per heavy atom. The molecule has 0 saturated heterocycles. The van der Waals surface area contributed by atoms with Crippen LogP contribution in [0.15, 0.2) is 23.1 Å². The van der Waals surface area contributed by atoms with Gasteiger partial charge in [-0.3, -0.25) is 9.36 Å². The van der Waals surface area contributed by atoms with Gasteiger partial charge in [-0.05, 0) is 25.0 Å². The number of nitrogens with zero attached hydrogens (tertiary/aromatic N) is 4. The van der Waals surface area contributed by atoms with E-state index in [2.05, 4.69) is 10.4 Å². The summed E-state index contributed by atoms with van der Waals surface area (Å²) in [4.78, 5) is 24.0. The Balaban J connectivity index is 1.64. The zero-order valence-corrected chi connectivity index (χ0v) is 14.1. The zero-order valence-electron chi connectivity index (χ0n) is 14.1. The predicted molar refractivity (Wildman–Crippen MR) is 87.7 cm³/mol. The van der Waals surface area contributed by atoms with Gasteiger partial charge in [0, 0.05) is 45.7 Å². The molecular weight excluding hydrogens is 310 g/mol. The first-order valence-corrected chi connectivity index (χ1v) is 8.06. The van der Waals surface area contributed by atoms with Crippen molar-refractivity contribution >= 4 is 5.91 Å². The average Bonchev–Trinajstić information content (AvgIpc) is 3.20. The van der Waals surface area contributed by atoms with E-state index in [1.54, 1.807) is 24.7 Å². The Kier molecular flexibility index (Phi) is 4.31. The average molecular weight is 333 g/mol. The topological polar surface area (TPSA) is 94.1 Å². The van der Waals surface area contributed by atoms with Gasteiger partial charge in [-0.2, -0.15) is 5.10 Å². The number of carbonyl (C=O) groups excluding carboxylic acids is 1. The van der Waals surface area contributed by atoms with E-state index in [4.69, 9.17) is 0 Å². The van der Waals surface area contributed by atoms with Gasteiger partial charge in [-0.25, -0.2) is 9.48 Å². The molecule has 1 fully saturated rings. The fourth-order valence-electron chi connectivity index (χ4n) is 3.48. The number of carbonyl (C=O) groups is 1. The fraction of sp³-hybridized carbons (Fsp3) is 0.562. The van der Waals surface area contributed by atoms with E-state index in [0.29, 0.717) is 30.9 Å². The SMILES string of the molecule is Cn1cccc1C(=O)NC[C@H]1C[C@H](c2nn(C)c(=O)n2C)C[C@H]1O. The van der Waals surface area contributed by atoms with Crippen LogP contribution in [0, 0.1) is 5.92 Å². The molecule has 2 heterocycles. The second-order valence-electron chi connectivity index (χ2n) is 6.53. The van der Waals surface area contributed by atoms with E-state index < -0.39 is 6.10 Å². The van der Waals surface area contributed by atoms with Crippen LogP contribution in [-0.2, 0) is 21.1 Å². The second-order valence-corrected chi connectivity index (χ2v) is 6.53. The number of aliphatic hydroxyl groups is 1. The van der Waals surface area contributed by atoms with Gasteiger partial charge < -0.3 is 15.0 Å². The van der Waals surface area contributed by atoms with Crippen LogP contribution in [-0.4, -0.2) is 42.6 Å². The number of hydrogen-bond acceptors (Lipinski definition) is 4. The Morgan fingerprint density at radius 2 is 2.12 bits per heavy atom. The maximum absolute atomic E-state index is 12.2. The third-order valence-corrected chi connectivity index (χ3v) is 4.88. The summed E-state index contributed by atoms with van der Waals surface area (Å²) in [6.07, 6.45) is 2.55. The molecule has 0 unspecified atom stereocenters. The minimum absolute atomic E-state index is 0.0239. The lowest BCUT2D eigenvalue weighted by molar-refractivity contribution is 0.0909. The summed E-state index contributed by atoms with van der Waals surface area (Å²) in [5.74, 6) is 0.522. The fourth-order valence-corrected chi connectivity index (χ4v) is 3.48. The first kappa shape index (κ1) is 16.5. The first-order chi connectivity index (χ1) is 11.4. The van der Waals surface area contributed by atoms with Crippen LogP contribution in [0.25, 0.3) is 0 Å². The molecule has 2 aromatic rings. The highest BCUT2D eigenvalue weighted by Crippen LogP contribution is 2.37. The van der Waals surface area contributed by atoms with E-state index in [-0.39, 0.29) is 23.4 Å². The van der Waals surface area contributed by atoms with Gasteiger partial charge in [0.25, 0.3) is 5.91 Å². The maximum atomic E-state index is 12.2. The molecule has 0 radical (unpaired) electrons. The highest BCUT2D eigenvalue weighted by Gasteiger charge is 2.36. The molecule has 3 rings (SSSR count). The molecule has 1 aliphatic rings. The van der Waals surface area contributed by atoms with Gasteiger partial charge in [-0.15, -0.1) is 0 Å². The monoisotopic (exact) mass is 333 g/mol. The van der Waals surface area contributed by atoms with Crippen molar-refractivity contribution in [3.05, 3.63) is 40.3 Å². The van der Waals surface area contributed by atoms with Crippen molar-refractivity contribution in [3.8, 4) is 0 Å². The lowest BCUT2D eigenvalue weighted by Crippen LogP contribution is -2.33. The molecule has 0 aromatic carbocycles. The molecule has 0 bridgehead atoms. The molecule has 2 N–H and O–H groups in total. The minimum Gasteiger partial charge on any atom is -0.393 e. The number of nitrogens with one attached hydrogen (secondary N) is 1. The van der Waals surface area contributed by atoms with Crippen molar-refractivity contribution in [2.45, 2.75) is 24.9 Å². The molecule has 3 atom stereocenters. The molecular formula is C16H23N5O3. The van der Waals surface area contributed by atoms with E-state index >= 15 is 0 Å². The molecule has 2 aromatic heterocycles. The first-order valence-electron chi connectivity index (χ1n) is 8.06. The van der Waals surface area contributed by atoms with Gasteiger partial charge in [-0.1, -0.05) is 0 Å². The number of aliphatic hydroxyl groups excluding tert-OH is 1. The second kappa shape index (κ2) is 6.27. The van der Waals surface area contributed by atoms with Crippen molar-refractivity contribution in [2.75, 3.05) is 6.54 Å². The van der Waals surface area contributed by atoms with Crippen LogP contribution < -0.4 is 11.0 Å². The number of amides is 1. The Hall–Kier alpha value is -2.35. The van der Waals surface area contributed by atoms with Crippen molar-refractivity contribution in [3.63, 3.8) is 0 Å². The van der Waals surface area contributed by atoms with Crippen molar-refractivity contribution in [2.24, 2.45) is 27.1 Å². The van der Waals surface area contributed by atoms with Gasteiger partial charge in [0.15, 0.2) is 0 Å². The summed E-state index contributed by atoms with van der Waals surface area (Å²) in [6.45, 7) is 0.405. The maximum Gasteiger partial charge on any atom is 0.345 e. The largest absolute Gasteiger partial charge is 0.393 e. The number of rotatable bonds is 4. The van der Waals surface area contributed by atoms with Gasteiger partial charge in [0.05, 0.1) is 6.10 Å². The van der Waals surface area contributed by atoms with Crippen molar-refractivity contribution in [1.82, 2.24) is 24.2 Å². The van der Waals surface area contributed by atoms with E-state index in [9.17, 15) is 14.7 Å². The lowest BCUT2D eigenvalue weighted by atomic mass is 10.0. The third-order valence-electron chi connectivity index (χ3n) is 4.88. The van der Waals surface area contributed by atoms with Crippen LogP contribution in [0.3, 0.4) is 0 Å². The zero-order chi connectivity index (χ0) is 17.4. The van der Waals surface area contributed by atoms with Crippen LogP contribution in [0.5, 0.6) is 0 Å². The Morgan fingerprint density at radius 3 is 2.71 bits per heavy atom. The molecule has 130 valence electrons. The molecule has 8 nitrogen and oxygen atoms in total. The predicted octanol–water partition coefficient (Wildman–Crippen LogP) is -0.258. The van der Waals surface area contributed by atoms with Gasteiger partial charge in [0.1, 0.15) is 11.5 Å². The van der Waals surface area contributed by atoms with Gasteiger partial charge in [0.2, 0.25) is 0 Å². The smallest absolute Gasteiger partial charge is 0.345 e. The summed E-state index contributed by atoms with van der Waals surface area (Å²) in [7, 11) is 5.13. The number of aromatic nitrogens is 4. The molecule has 24 heavy (non-hydrogen) atoms. The van der Waals surface area contributed by atoms with E-state index in [1.807, 2.05) is 19.3 Å². The lowest BCUT2D eigenvalue weighted by Gasteiger charge is -2.15. The highest BCUT2D eigenvalue weighted by atomic mass is 16.3. The summed E-state index contributed by atoms with van der Waals surface area (Å²) in [5, 5.41) is 17.5. The van der Waals surface area contributed by atoms with Gasteiger partial charge >= 0.3 is 5.69 Å². The Labute approximate surface area is 139 Å². The molecule has 0 spiro atoms. The quantitative estimate of drug-likeness (QED) is 0.806. The van der Waals surface area contributed by atoms with Crippen LogP contribution in [0.4, 0.5) is 0 Å². The summed E-state index contributed by atoms with van der Waals surface area (Å²) >= 11 is 0. The van der Waals surface area contributed by atoms with Crippen molar-refractivity contribution < 1.29 is 9.90 Å². The van der Waals surface area contributed by atoms with E-state index in [0.717, 1.165) is 0 Å². The summed E-state index contributed by atoms with van der Waals surface area (Å²) in [5.41, 5.74) is 0.422. The minimum atomic E-state index is -0.513. The molecule has 1 amide bonds. The number of aryl methyl sites for hydroxylation is 2. The van der Waals surface area contributed by atoms with Crippen molar-refractivity contribution in [1.29, 1.82) is 0 Å². The molecule has 1 aliphatic carbocycles. The standard InChI is InChI=1S/C16H23N5O3/c1-19-6-4-5-12(19)15(23)17-9-11-7-10(8-13(11)22)14-18-21(3)16(24)20(14)2/h4-6,10-11,13,22H,7-9H2,1-3H3,(H,17,23)/t10-,11+,13+/m0/s1. The molecule has 0 aliphatic heterocycles. The van der Waals surface area contributed by atoms with Crippen LogP contribution in [0.2, 0.25) is 0 Å². The Bertz CT molecular complexity index is 803. The molecule has 1 saturated carbocycles. The molecule has 8 heteroatoms. The van der Waals surface area contributed by atoms with Crippen LogP contribution in [0.1, 0.15) is 35.1 Å². The highest BCUT2D eigenvalue weighted by molar-refractivity contribution is 5.92. The third kappa shape index (κ3) is 2.89. The summed E-state index contributed by atoms with van der Waals surface area (Å²) < 4.78 is 4.60. The normalized spacial score (nSPS) is 23.6. The summed E-state index contributed by atoms with van der Waals surface area (Å²) in [6, 6.07) is 3.57. The van der Waals surface area contributed by atoms with E-state index in [1.165, 1.54) is 9.25 Å². The number of hydrogen-bond donors (Lipinski definition) is 2. The van der Waals surface area contributed by atoms with Crippen LogP contribution >= 0.6 is 0 Å².